The van der Waals surface area contributed by atoms with Gasteiger partial charge in [-0.05, 0) is 6.42 Å². The number of hydrogen-bond donors (Lipinski definition) is 1. The van der Waals surface area contributed by atoms with Crippen LogP contribution < -0.4 is 0 Å². The number of hydrogen-bond acceptors (Lipinski definition) is 5. The van der Waals surface area contributed by atoms with Crippen molar-refractivity contribution in [1.82, 2.24) is 0 Å². The molecule has 0 rings (SSSR count). The number of esters is 1. The summed E-state index contributed by atoms with van der Waals surface area (Å²) in [6.45, 7) is 2.20. The second-order valence-electron chi connectivity index (χ2n) is 5.29. The van der Waals surface area contributed by atoms with Crippen LogP contribution in [0.1, 0.15) is 71.1 Å². The van der Waals surface area contributed by atoms with Crippen molar-refractivity contribution in [3.05, 3.63) is 11.6 Å². The molecule has 0 bridgehead atoms. The van der Waals surface area contributed by atoms with Crippen LogP contribution in [0.5, 0.6) is 0 Å². The Balaban J connectivity index is 3.60. The van der Waals surface area contributed by atoms with Crippen molar-refractivity contribution >= 4 is 5.97 Å². The molecule has 0 aromatic heterocycles. The van der Waals surface area contributed by atoms with Crippen LogP contribution >= 0.6 is 0 Å². The van der Waals surface area contributed by atoms with Gasteiger partial charge >= 0.3 is 5.97 Å². The summed E-state index contributed by atoms with van der Waals surface area (Å²) in [5.74, 6) is -0.860. The number of nitrogens with zero attached hydrogens (tertiary/aromatic N) is 2. The molecule has 0 aromatic rings. The molecule has 0 radical (unpaired) electrons. The zero-order valence-corrected chi connectivity index (χ0v) is 13.4. The first-order chi connectivity index (χ1) is 10.6. The second-order valence-corrected chi connectivity index (χ2v) is 5.29. The van der Waals surface area contributed by atoms with Gasteiger partial charge in [0.05, 0.1) is 6.08 Å². The Morgan fingerprint density at radius 2 is 1.55 bits per heavy atom. The van der Waals surface area contributed by atoms with Crippen LogP contribution in [0.25, 0.3) is 0 Å². The monoisotopic (exact) mass is 306 g/mol. The van der Waals surface area contributed by atoms with E-state index >= 15 is 0 Å². The summed E-state index contributed by atoms with van der Waals surface area (Å²) >= 11 is 0. The van der Waals surface area contributed by atoms with Gasteiger partial charge in [0.2, 0.25) is 6.29 Å². The third kappa shape index (κ3) is 11.9. The molecule has 0 aromatic carbocycles. The Hall–Kier alpha value is -1.85. The highest BCUT2D eigenvalue weighted by molar-refractivity contribution is 5.84. The van der Waals surface area contributed by atoms with Crippen LogP contribution in [0.3, 0.4) is 0 Å². The van der Waals surface area contributed by atoms with Gasteiger partial charge in [0.1, 0.15) is 17.7 Å². The molecule has 0 heterocycles. The summed E-state index contributed by atoms with van der Waals surface area (Å²) in [4.78, 5) is 11.3. The van der Waals surface area contributed by atoms with Gasteiger partial charge in [-0.15, -0.1) is 0 Å². The highest BCUT2D eigenvalue weighted by Crippen LogP contribution is 2.11. The first-order valence-corrected chi connectivity index (χ1v) is 8.04. The zero-order valence-electron chi connectivity index (χ0n) is 13.4. The van der Waals surface area contributed by atoms with Crippen LogP contribution in [0.15, 0.2) is 11.6 Å². The number of rotatable bonds is 12. The van der Waals surface area contributed by atoms with E-state index in [1.807, 2.05) is 0 Å². The van der Waals surface area contributed by atoms with Gasteiger partial charge in [-0.2, -0.15) is 10.5 Å². The molecule has 0 saturated heterocycles. The second kappa shape index (κ2) is 14.1. The number of aliphatic hydroxyl groups is 1. The largest absolute Gasteiger partial charge is 0.433 e. The van der Waals surface area contributed by atoms with Gasteiger partial charge in [-0.25, -0.2) is 4.79 Å². The fourth-order valence-electron chi connectivity index (χ4n) is 2.06. The van der Waals surface area contributed by atoms with E-state index in [0.29, 0.717) is 6.42 Å². The van der Waals surface area contributed by atoms with Gasteiger partial charge in [-0.3, -0.25) is 0 Å². The molecular weight excluding hydrogens is 280 g/mol. The molecule has 0 aliphatic heterocycles. The summed E-state index contributed by atoms with van der Waals surface area (Å²) in [6, 6.07) is 3.12. The molecule has 1 N–H and O–H groups in total. The summed E-state index contributed by atoms with van der Waals surface area (Å²) < 4.78 is 4.69. The molecule has 1 atom stereocenters. The molecule has 0 aliphatic rings. The van der Waals surface area contributed by atoms with Crippen molar-refractivity contribution < 1.29 is 14.6 Å². The highest BCUT2D eigenvalue weighted by Gasteiger charge is 2.09. The Morgan fingerprint density at radius 1 is 1.05 bits per heavy atom. The molecule has 0 aliphatic carbocycles. The lowest BCUT2D eigenvalue weighted by atomic mass is 10.1. The fraction of sp³-hybridized carbons (Fsp3) is 0.706. The van der Waals surface area contributed by atoms with E-state index in [1.54, 1.807) is 12.1 Å². The van der Waals surface area contributed by atoms with Crippen molar-refractivity contribution in [3.8, 4) is 12.1 Å². The Morgan fingerprint density at radius 3 is 2.05 bits per heavy atom. The number of nitriles is 2. The number of carbonyl (C=O) groups excluding carboxylic acids is 1. The minimum atomic E-state index is -1.17. The quantitative estimate of drug-likeness (QED) is 0.195. The molecular formula is C17H26N2O3. The third-order valence-electron chi connectivity index (χ3n) is 3.31. The first-order valence-electron chi connectivity index (χ1n) is 8.04. The molecule has 5 heteroatoms. The number of unbranched alkanes of at least 4 members (excludes halogenated alkanes) is 8. The van der Waals surface area contributed by atoms with E-state index in [-0.39, 0.29) is 5.57 Å². The fourth-order valence-corrected chi connectivity index (χ4v) is 2.06. The minimum Gasteiger partial charge on any atom is -0.433 e. The molecule has 0 amide bonds. The van der Waals surface area contributed by atoms with E-state index in [9.17, 15) is 9.90 Å². The SMILES string of the molecule is CCCCCCCCCCCC(O)OC(=O)C=C(C#N)C#N. The van der Waals surface area contributed by atoms with Crippen LogP contribution in [0.2, 0.25) is 0 Å². The van der Waals surface area contributed by atoms with Gasteiger partial charge in [0, 0.05) is 6.42 Å². The van der Waals surface area contributed by atoms with Crippen LogP contribution in [-0.4, -0.2) is 17.4 Å². The summed E-state index contributed by atoms with van der Waals surface area (Å²) in [5.41, 5.74) is -0.333. The molecule has 1 unspecified atom stereocenters. The van der Waals surface area contributed by atoms with Crippen molar-refractivity contribution in [3.63, 3.8) is 0 Å². The van der Waals surface area contributed by atoms with Gasteiger partial charge in [0.25, 0.3) is 0 Å². The normalized spacial score (nSPS) is 11.1. The van der Waals surface area contributed by atoms with E-state index in [0.717, 1.165) is 25.3 Å². The third-order valence-corrected chi connectivity index (χ3v) is 3.31. The zero-order chi connectivity index (χ0) is 16.6. The van der Waals surface area contributed by atoms with Crippen molar-refractivity contribution in [2.75, 3.05) is 0 Å². The van der Waals surface area contributed by atoms with Crippen molar-refractivity contribution in [2.45, 2.75) is 77.4 Å². The van der Waals surface area contributed by atoms with E-state index < -0.39 is 12.3 Å². The maximum Gasteiger partial charge on any atom is 0.335 e. The molecule has 0 saturated carbocycles. The molecule has 5 nitrogen and oxygen atoms in total. The molecule has 122 valence electrons. The summed E-state index contributed by atoms with van der Waals surface area (Å²) in [5, 5.41) is 26.5. The average Bonchev–Trinajstić information content (AvgIpc) is 2.50. The molecule has 22 heavy (non-hydrogen) atoms. The van der Waals surface area contributed by atoms with Gasteiger partial charge in [0.15, 0.2) is 0 Å². The lowest BCUT2D eigenvalue weighted by molar-refractivity contribution is -0.162. The Kier molecular flexibility index (Phi) is 12.9. The predicted octanol–water partition coefficient (Wildman–Crippen LogP) is 3.74. The standard InChI is InChI=1S/C17H26N2O3/c1-2-3-4-5-6-7-8-9-10-11-16(20)22-17(21)12-15(13-18)14-19/h12,16,20H,2-11H2,1H3. The lowest BCUT2D eigenvalue weighted by Crippen LogP contribution is -2.16. The number of carbonyl (C=O) groups is 1. The number of allylic oxidation sites excluding steroid dienone is 1. The van der Waals surface area contributed by atoms with Gasteiger partial charge in [-0.1, -0.05) is 58.3 Å². The molecule has 0 spiro atoms. The van der Waals surface area contributed by atoms with Gasteiger partial charge < -0.3 is 9.84 Å². The van der Waals surface area contributed by atoms with Crippen molar-refractivity contribution in [1.29, 1.82) is 10.5 Å². The Labute approximate surface area is 133 Å². The highest BCUT2D eigenvalue weighted by atomic mass is 16.6. The van der Waals surface area contributed by atoms with Crippen LogP contribution in [-0.2, 0) is 9.53 Å². The van der Waals surface area contributed by atoms with E-state index in [2.05, 4.69) is 6.92 Å². The maximum atomic E-state index is 11.3. The van der Waals surface area contributed by atoms with Crippen LogP contribution in [0.4, 0.5) is 0 Å². The van der Waals surface area contributed by atoms with E-state index in [4.69, 9.17) is 15.3 Å². The van der Waals surface area contributed by atoms with Crippen LogP contribution in [0, 0.1) is 22.7 Å². The average molecular weight is 306 g/mol. The van der Waals surface area contributed by atoms with E-state index in [1.165, 1.54) is 38.5 Å². The predicted molar refractivity (Wildman–Crippen MR) is 83.3 cm³/mol. The first kappa shape index (κ1) is 20.1. The number of ether oxygens (including phenoxy) is 1. The summed E-state index contributed by atoms with van der Waals surface area (Å²) in [7, 11) is 0. The maximum absolute atomic E-state index is 11.3. The minimum absolute atomic E-state index is 0.333. The Bertz CT molecular complexity index is 403. The number of aliphatic hydroxyl groups excluding tert-OH is 1. The topological polar surface area (TPSA) is 94.1 Å². The molecule has 0 fully saturated rings. The lowest BCUT2D eigenvalue weighted by Gasteiger charge is -2.10. The van der Waals surface area contributed by atoms with Crippen molar-refractivity contribution in [2.24, 2.45) is 0 Å². The smallest absolute Gasteiger partial charge is 0.335 e. The summed E-state index contributed by atoms with van der Waals surface area (Å²) in [6.07, 6.45) is 10.5.